The van der Waals surface area contributed by atoms with Gasteiger partial charge in [-0.05, 0) is 41.1 Å². The number of rotatable bonds is 1. The van der Waals surface area contributed by atoms with Gasteiger partial charge >= 0.3 is 0 Å². The molecule has 1 amide bonds. The van der Waals surface area contributed by atoms with Crippen LogP contribution in [0, 0.1) is 0 Å². The Morgan fingerprint density at radius 3 is 2.88 bits per heavy atom. The number of nitrogens with two attached hydrogens (primary N) is 1. The lowest BCUT2D eigenvalue weighted by Gasteiger charge is -2.21. The molecule has 0 radical (unpaired) electrons. The molecule has 1 unspecified atom stereocenters. The second-order valence-electron chi connectivity index (χ2n) is 6.31. The normalized spacial score (nSPS) is 17.8. The highest BCUT2D eigenvalue weighted by atomic mass is 79.9. The third-order valence-corrected chi connectivity index (χ3v) is 5.52. The fourth-order valence-electron chi connectivity index (χ4n) is 3.62. The van der Waals surface area contributed by atoms with Crippen molar-refractivity contribution in [1.29, 1.82) is 0 Å². The van der Waals surface area contributed by atoms with E-state index in [1.54, 1.807) is 4.90 Å². The number of anilines is 2. The van der Waals surface area contributed by atoms with E-state index in [1.807, 2.05) is 43.3 Å². The van der Waals surface area contributed by atoms with Gasteiger partial charge in [-0.25, -0.2) is 4.98 Å². The van der Waals surface area contributed by atoms with Crippen LogP contribution in [-0.4, -0.2) is 17.7 Å². The highest BCUT2D eigenvalue weighted by Gasteiger charge is 2.39. The maximum absolute atomic E-state index is 13.2. The maximum atomic E-state index is 13.2. The molecule has 5 rings (SSSR count). The number of aromatic nitrogens is 1. The molecule has 1 atom stereocenters. The Balaban J connectivity index is 1.69. The summed E-state index contributed by atoms with van der Waals surface area (Å²) in [5.74, 6) is 1.16. The van der Waals surface area contributed by atoms with Crippen LogP contribution >= 0.6 is 15.9 Å². The van der Waals surface area contributed by atoms with Gasteiger partial charge < -0.3 is 15.2 Å². The lowest BCUT2D eigenvalue weighted by molar-refractivity contribution is 0.0993. The first-order chi connectivity index (χ1) is 12.6. The number of nitrogen functional groups attached to an aromatic ring is 1. The molecule has 0 fully saturated rings. The molecule has 26 heavy (non-hydrogen) atoms. The molecule has 2 aliphatic heterocycles. The van der Waals surface area contributed by atoms with E-state index in [-0.39, 0.29) is 18.7 Å². The summed E-state index contributed by atoms with van der Waals surface area (Å²) in [5.41, 5.74) is 9.48. The Labute approximate surface area is 157 Å². The van der Waals surface area contributed by atoms with Crippen LogP contribution in [0.25, 0.3) is 10.9 Å². The predicted octanol–water partition coefficient (Wildman–Crippen LogP) is 4.03. The highest BCUT2D eigenvalue weighted by molar-refractivity contribution is 9.10. The minimum Gasteiger partial charge on any atom is -0.454 e. The Kier molecular flexibility index (Phi) is 3.18. The number of benzene rings is 2. The van der Waals surface area contributed by atoms with Crippen LogP contribution in [-0.2, 0) is 0 Å². The lowest BCUT2D eigenvalue weighted by Crippen LogP contribution is -2.26. The standard InChI is InChI=1S/C19H14BrN3O3/c1-9-17-15(16(21)11-3-2-4-12(20)18(11)22-17)19(24)23(9)10-5-6-13-14(7-10)26-8-25-13/h2-7,9H,8H2,1H3,(H2,21,22). The van der Waals surface area contributed by atoms with Gasteiger partial charge in [0.1, 0.15) is 0 Å². The number of carbonyl (C=O) groups is 1. The summed E-state index contributed by atoms with van der Waals surface area (Å²) in [6.45, 7) is 2.14. The zero-order valence-corrected chi connectivity index (χ0v) is 15.4. The molecule has 0 aliphatic carbocycles. The van der Waals surface area contributed by atoms with Gasteiger partial charge in [-0.3, -0.25) is 9.69 Å². The van der Waals surface area contributed by atoms with Crippen molar-refractivity contribution >= 4 is 44.1 Å². The van der Waals surface area contributed by atoms with Gasteiger partial charge in [0.25, 0.3) is 5.91 Å². The monoisotopic (exact) mass is 411 g/mol. The molecule has 3 heterocycles. The van der Waals surface area contributed by atoms with E-state index in [2.05, 4.69) is 15.9 Å². The summed E-state index contributed by atoms with van der Waals surface area (Å²) < 4.78 is 11.6. The molecule has 2 aliphatic rings. The summed E-state index contributed by atoms with van der Waals surface area (Å²) in [4.78, 5) is 19.6. The average molecular weight is 412 g/mol. The summed E-state index contributed by atoms with van der Waals surface area (Å²) in [6.07, 6.45) is 0. The number of amides is 1. The zero-order chi connectivity index (χ0) is 18.0. The van der Waals surface area contributed by atoms with Crippen molar-refractivity contribution in [3.63, 3.8) is 0 Å². The molecular weight excluding hydrogens is 398 g/mol. The van der Waals surface area contributed by atoms with E-state index >= 15 is 0 Å². The molecule has 0 bridgehead atoms. The van der Waals surface area contributed by atoms with Crippen molar-refractivity contribution < 1.29 is 14.3 Å². The van der Waals surface area contributed by atoms with Crippen LogP contribution in [0.4, 0.5) is 11.4 Å². The first kappa shape index (κ1) is 15.5. The van der Waals surface area contributed by atoms with Crippen molar-refractivity contribution in [2.45, 2.75) is 13.0 Å². The van der Waals surface area contributed by atoms with Gasteiger partial charge in [0.05, 0.1) is 28.5 Å². The van der Waals surface area contributed by atoms with E-state index in [0.717, 1.165) is 21.1 Å². The molecule has 3 aromatic rings. The number of nitrogens with zero attached hydrogens (tertiary/aromatic N) is 2. The third kappa shape index (κ3) is 1.97. The first-order valence-electron chi connectivity index (χ1n) is 8.17. The molecule has 0 saturated carbocycles. The number of carbonyl (C=O) groups excluding carboxylic acids is 1. The van der Waals surface area contributed by atoms with Gasteiger partial charge in [0.2, 0.25) is 6.79 Å². The molecule has 0 saturated heterocycles. The van der Waals surface area contributed by atoms with Gasteiger partial charge in [-0.2, -0.15) is 0 Å². The fraction of sp³-hybridized carbons (Fsp3) is 0.158. The van der Waals surface area contributed by atoms with Crippen LogP contribution in [0.15, 0.2) is 40.9 Å². The number of pyridine rings is 1. The predicted molar refractivity (Wildman–Crippen MR) is 102 cm³/mol. The second-order valence-corrected chi connectivity index (χ2v) is 7.16. The molecule has 130 valence electrons. The molecule has 0 spiro atoms. The zero-order valence-electron chi connectivity index (χ0n) is 13.8. The van der Waals surface area contributed by atoms with E-state index in [0.29, 0.717) is 28.4 Å². The summed E-state index contributed by atoms with van der Waals surface area (Å²) in [7, 11) is 0. The van der Waals surface area contributed by atoms with Crippen LogP contribution < -0.4 is 20.1 Å². The molecule has 2 aromatic carbocycles. The molecule has 6 nitrogen and oxygen atoms in total. The third-order valence-electron chi connectivity index (χ3n) is 4.88. The number of fused-ring (bicyclic) bond motifs is 3. The summed E-state index contributed by atoms with van der Waals surface area (Å²) in [6, 6.07) is 10.9. The number of hydrogen-bond acceptors (Lipinski definition) is 5. The van der Waals surface area contributed by atoms with Crippen LogP contribution in [0.2, 0.25) is 0 Å². The number of ether oxygens (including phenoxy) is 2. The maximum Gasteiger partial charge on any atom is 0.262 e. The van der Waals surface area contributed by atoms with E-state index in [4.69, 9.17) is 20.2 Å². The number of hydrogen-bond donors (Lipinski definition) is 1. The molecule has 1 aromatic heterocycles. The Morgan fingerprint density at radius 2 is 2.04 bits per heavy atom. The summed E-state index contributed by atoms with van der Waals surface area (Å²) >= 11 is 3.52. The Morgan fingerprint density at radius 1 is 1.23 bits per heavy atom. The second kappa shape index (κ2) is 5.35. The van der Waals surface area contributed by atoms with Crippen molar-refractivity contribution in [1.82, 2.24) is 4.98 Å². The topological polar surface area (TPSA) is 77.7 Å². The minimum atomic E-state index is -0.239. The van der Waals surface area contributed by atoms with Crippen molar-refractivity contribution in [2.24, 2.45) is 0 Å². The van der Waals surface area contributed by atoms with Crippen LogP contribution in [0.5, 0.6) is 11.5 Å². The minimum absolute atomic E-state index is 0.154. The van der Waals surface area contributed by atoms with Gasteiger partial charge in [-0.15, -0.1) is 0 Å². The molecule has 7 heteroatoms. The smallest absolute Gasteiger partial charge is 0.262 e. The first-order valence-corrected chi connectivity index (χ1v) is 8.96. The molecule has 2 N–H and O–H groups in total. The van der Waals surface area contributed by atoms with Gasteiger partial charge in [0, 0.05) is 21.6 Å². The number of para-hydroxylation sites is 1. The largest absolute Gasteiger partial charge is 0.454 e. The Bertz CT molecular complexity index is 1100. The Hall–Kier alpha value is -2.80. The average Bonchev–Trinajstić information content (AvgIpc) is 3.19. The van der Waals surface area contributed by atoms with Gasteiger partial charge in [-0.1, -0.05) is 12.1 Å². The van der Waals surface area contributed by atoms with Crippen LogP contribution in [0.3, 0.4) is 0 Å². The van der Waals surface area contributed by atoms with E-state index < -0.39 is 0 Å². The van der Waals surface area contributed by atoms with Gasteiger partial charge in [0.15, 0.2) is 11.5 Å². The number of halogens is 1. The van der Waals surface area contributed by atoms with Crippen molar-refractivity contribution in [2.75, 3.05) is 17.4 Å². The molecular formula is C19H14BrN3O3. The highest BCUT2D eigenvalue weighted by Crippen LogP contribution is 2.44. The van der Waals surface area contributed by atoms with E-state index in [1.165, 1.54) is 0 Å². The summed E-state index contributed by atoms with van der Waals surface area (Å²) in [5, 5.41) is 0.770. The SMILES string of the molecule is CC1c2nc3c(Br)cccc3c(N)c2C(=O)N1c1ccc2c(c1)OCO2. The van der Waals surface area contributed by atoms with Crippen molar-refractivity contribution in [3.8, 4) is 11.5 Å². The fourth-order valence-corrected chi connectivity index (χ4v) is 4.07. The van der Waals surface area contributed by atoms with E-state index in [9.17, 15) is 4.79 Å². The van der Waals surface area contributed by atoms with Crippen molar-refractivity contribution in [3.05, 3.63) is 52.1 Å². The quantitative estimate of drug-likeness (QED) is 0.653. The van der Waals surface area contributed by atoms with Crippen LogP contribution in [0.1, 0.15) is 29.0 Å². The lowest BCUT2D eigenvalue weighted by atomic mass is 10.1.